The van der Waals surface area contributed by atoms with Crippen LogP contribution in [0.5, 0.6) is 0 Å². The largest absolute Gasteiger partial charge is 0.385 e. The van der Waals surface area contributed by atoms with E-state index in [-0.39, 0.29) is 23.6 Å². The number of aryl methyl sites for hydroxylation is 1. The number of imide groups is 1. The van der Waals surface area contributed by atoms with Gasteiger partial charge in [0.1, 0.15) is 6.04 Å². The van der Waals surface area contributed by atoms with Crippen LogP contribution in [0.3, 0.4) is 0 Å². The summed E-state index contributed by atoms with van der Waals surface area (Å²) in [6, 6.07) is 8.79. The van der Waals surface area contributed by atoms with Crippen LogP contribution in [0.25, 0.3) is 5.57 Å². The van der Waals surface area contributed by atoms with Crippen molar-refractivity contribution in [2.24, 2.45) is 11.8 Å². The van der Waals surface area contributed by atoms with E-state index in [2.05, 4.69) is 12.1 Å². The minimum Gasteiger partial charge on any atom is -0.385 e. The van der Waals surface area contributed by atoms with Crippen LogP contribution in [0.2, 0.25) is 0 Å². The van der Waals surface area contributed by atoms with Crippen LogP contribution in [0, 0.1) is 18.8 Å². The number of ketones is 1. The summed E-state index contributed by atoms with van der Waals surface area (Å²) >= 11 is 1.38. The van der Waals surface area contributed by atoms with Gasteiger partial charge in [-0.1, -0.05) is 23.8 Å². The van der Waals surface area contributed by atoms with Crippen LogP contribution in [0.1, 0.15) is 34.1 Å². The molecule has 7 heteroatoms. The Morgan fingerprint density at radius 2 is 1.91 bits per heavy atom. The number of carbonyl (C=O) groups excluding carboxylic acids is 3. The van der Waals surface area contributed by atoms with Crippen molar-refractivity contribution in [2.75, 3.05) is 25.2 Å². The third kappa shape index (κ3) is 3.06. The highest BCUT2D eigenvalue weighted by Gasteiger charge is 2.64. The fourth-order valence-electron chi connectivity index (χ4n) is 5.47. The molecule has 1 aromatic heterocycles. The zero-order chi connectivity index (χ0) is 22.6. The van der Waals surface area contributed by atoms with E-state index in [0.29, 0.717) is 24.4 Å². The number of Topliss-reactive ketones (excluding diaryl/α,β-unsaturated/α-hetero) is 1. The van der Waals surface area contributed by atoms with Crippen LogP contribution in [0.15, 0.2) is 41.8 Å². The number of carbonyl (C=O) groups is 3. The Bertz CT molecular complexity index is 1120. The number of thiophene rings is 1. The molecular formula is C25H26N2O4S. The first-order chi connectivity index (χ1) is 15.4. The molecule has 0 aliphatic carbocycles. The van der Waals surface area contributed by atoms with Gasteiger partial charge in [-0.2, -0.15) is 0 Å². The van der Waals surface area contributed by atoms with Gasteiger partial charge in [-0.15, -0.1) is 11.3 Å². The predicted octanol–water partition coefficient (Wildman–Crippen LogP) is 3.55. The fourth-order valence-corrected chi connectivity index (χ4v) is 6.17. The highest BCUT2D eigenvalue weighted by atomic mass is 32.1. The second kappa shape index (κ2) is 7.98. The minimum atomic E-state index is -0.696. The van der Waals surface area contributed by atoms with Crippen molar-refractivity contribution in [1.82, 2.24) is 4.90 Å². The van der Waals surface area contributed by atoms with Gasteiger partial charge in [0.2, 0.25) is 11.8 Å². The zero-order valence-electron chi connectivity index (χ0n) is 18.4. The molecule has 0 unspecified atom stereocenters. The van der Waals surface area contributed by atoms with Crippen molar-refractivity contribution in [3.63, 3.8) is 0 Å². The highest BCUT2D eigenvalue weighted by molar-refractivity contribution is 7.12. The Hall–Kier alpha value is -2.77. The average molecular weight is 451 g/mol. The molecule has 166 valence electrons. The lowest BCUT2D eigenvalue weighted by molar-refractivity contribution is -0.140. The summed E-state index contributed by atoms with van der Waals surface area (Å²) in [7, 11) is 1.60. The molecule has 0 saturated carbocycles. The van der Waals surface area contributed by atoms with E-state index in [9.17, 15) is 14.4 Å². The highest BCUT2D eigenvalue weighted by Crippen LogP contribution is 2.50. The minimum absolute atomic E-state index is 0.0862. The fraction of sp³-hybridized carbons (Fsp3) is 0.400. The van der Waals surface area contributed by atoms with Gasteiger partial charge < -0.3 is 9.64 Å². The molecule has 2 aromatic rings. The summed E-state index contributed by atoms with van der Waals surface area (Å²) in [4.78, 5) is 44.8. The smallest absolute Gasteiger partial charge is 0.235 e. The molecule has 4 heterocycles. The van der Waals surface area contributed by atoms with Gasteiger partial charge in [0, 0.05) is 31.5 Å². The summed E-state index contributed by atoms with van der Waals surface area (Å²) < 4.78 is 5.10. The lowest BCUT2D eigenvalue weighted by Crippen LogP contribution is -2.49. The Balaban J connectivity index is 1.62. The lowest BCUT2D eigenvalue weighted by Gasteiger charge is -2.38. The van der Waals surface area contributed by atoms with Gasteiger partial charge in [0.25, 0.3) is 0 Å². The average Bonchev–Trinajstić information content (AvgIpc) is 3.47. The first-order valence-corrected chi connectivity index (χ1v) is 11.8. The third-order valence-corrected chi connectivity index (χ3v) is 7.74. The van der Waals surface area contributed by atoms with E-state index in [0.717, 1.165) is 22.4 Å². The molecule has 0 bridgehead atoms. The molecule has 32 heavy (non-hydrogen) atoms. The molecular weight excluding hydrogens is 424 g/mol. The number of hydrogen-bond donors (Lipinski definition) is 0. The third-order valence-electron chi connectivity index (χ3n) is 6.86. The number of amides is 2. The SMILES string of the molecule is COCCCN1C(=O)[C@H]2[C@H](C1=O)[C@H](C(=O)c1cccs1)N1c3ccc(C)cc3C(C)=C[C@H]21. The van der Waals surface area contributed by atoms with Gasteiger partial charge in [-0.05, 0) is 49.4 Å². The molecule has 5 rings (SSSR count). The van der Waals surface area contributed by atoms with Crippen molar-refractivity contribution in [3.8, 4) is 0 Å². The van der Waals surface area contributed by atoms with Gasteiger partial charge in [-0.25, -0.2) is 0 Å². The second-order valence-electron chi connectivity index (χ2n) is 8.78. The summed E-state index contributed by atoms with van der Waals surface area (Å²) in [5, 5.41) is 1.87. The quantitative estimate of drug-likeness (QED) is 0.383. The van der Waals surface area contributed by atoms with Gasteiger partial charge in [0.05, 0.1) is 22.8 Å². The Morgan fingerprint density at radius 1 is 1.12 bits per heavy atom. The van der Waals surface area contributed by atoms with Crippen molar-refractivity contribution in [1.29, 1.82) is 0 Å². The molecule has 2 amide bonds. The van der Waals surface area contributed by atoms with Crippen LogP contribution >= 0.6 is 11.3 Å². The van der Waals surface area contributed by atoms with Crippen LogP contribution < -0.4 is 4.90 Å². The number of fused-ring (bicyclic) bond motifs is 5. The number of benzene rings is 1. The van der Waals surface area contributed by atoms with Crippen LogP contribution in [0.4, 0.5) is 5.69 Å². The van der Waals surface area contributed by atoms with Crippen molar-refractivity contribution >= 4 is 40.2 Å². The number of anilines is 1. The van der Waals surface area contributed by atoms with Crippen LogP contribution in [-0.4, -0.2) is 54.8 Å². The number of hydrogen-bond acceptors (Lipinski definition) is 6. The maximum absolute atomic E-state index is 13.7. The summed E-state index contributed by atoms with van der Waals surface area (Å²) in [6.45, 7) is 4.88. The van der Waals surface area contributed by atoms with E-state index in [1.54, 1.807) is 13.2 Å². The van der Waals surface area contributed by atoms with E-state index in [1.165, 1.54) is 16.2 Å². The Morgan fingerprint density at radius 3 is 2.62 bits per heavy atom. The monoisotopic (exact) mass is 450 g/mol. The second-order valence-corrected chi connectivity index (χ2v) is 9.73. The number of nitrogens with zero attached hydrogens (tertiary/aromatic N) is 2. The van der Waals surface area contributed by atoms with Crippen molar-refractivity contribution in [3.05, 3.63) is 57.8 Å². The maximum atomic E-state index is 13.7. The van der Waals surface area contributed by atoms with Gasteiger partial charge in [-0.3, -0.25) is 19.3 Å². The molecule has 4 atom stereocenters. The van der Waals surface area contributed by atoms with Crippen molar-refractivity contribution < 1.29 is 19.1 Å². The molecule has 2 fully saturated rings. The first kappa shape index (κ1) is 21.1. The van der Waals surface area contributed by atoms with E-state index in [4.69, 9.17) is 4.74 Å². The predicted molar refractivity (Wildman–Crippen MR) is 124 cm³/mol. The number of methoxy groups -OCH3 is 1. The number of ether oxygens (including phenoxy) is 1. The van der Waals surface area contributed by atoms with E-state index >= 15 is 0 Å². The zero-order valence-corrected chi connectivity index (χ0v) is 19.2. The number of allylic oxidation sites excluding steroid dienone is 1. The molecule has 2 saturated heterocycles. The molecule has 3 aliphatic rings. The molecule has 0 spiro atoms. The maximum Gasteiger partial charge on any atom is 0.235 e. The normalized spacial score (nSPS) is 26.2. The lowest BCUT2D eigenvalue weighted by atomic mass is 9.86. The molecule has 0 N–H and O–H groups in total. The molecule has 0 radical (unpaired) electrons. The van der Waals surface area contributed by atoms with E-state index in [1.807, 2.05) is 42.3 Å². The molecule has 3 aliphatic heterocycles. The summed E-state index contributed by atoms with van der Waals surface area (Å²) in [5.74, 6) is -1.73. The Labute approximate surface area is 191 Å². The molecule has 1 aromatic carbocycles. The van der Waals surface area contributed by atoms with Crippen LogP contribution in [-0.2, 0) is 14.3 Å². The van der Waals surface area contributed by atoms with Gasteiger partial charge in [0.15, 0.2) is 5.78 Å². The number of likely N-dealkylation sites (tertiary alicyclic amines) is 1. The summed E-state index contributed by atoms with van der Waals surface area (Å²) in [6.07, 6.45) is 2.66. The first-order valence-electron chi connectivity index (χ1n) is 10.9. The van der Waals surface area contributed by atoms with E-state index < -0.39 is 17.9 Å². The molecule has 6 nitrogen and oxygen atoms in total. The summed E-state index contributed by atoms with van der Waals surface area (Å²) in [5.41, 5.74) is 4.19. The topological polar surface area (TPSA) is 66.9 Å². The Kier molecular flexibility index (Phi) is 5.26. The van der Waals surface area contributed by atoms with Gasteiger partial charge >= 0.3 is 0 Å². The van der Waals surface area contributed by atoms with Crippen molar-refractivity contribution in [2.45, 2.75) is 32.4 Å². The number of rotatable bonds is 6. The standard InChI is InChI=1S/C25H26N2O4S/c1-14-7-8-17-16(12-14)15(2)13-18-20-21(25(30)26(24(20)29)9-5-10-31-3)22(27(17)18)23(28)19-6-4-11-32-19/h4,6-8,11-13,18,20-22H,5,9-10H2,1-3H3/t18-,20-,21+,22-/m1/s1.